The lowest BCUT2D eigenvalue weighted by Gasteiger charge is -2.31. The molecule has 4 heterocycles. The van der Waals surface area contributed by atoms with Crippen molar-refractivity contribution in [1.82, 2.24) is 24.4 Å². The van der Waals surface area contributed by atoms with Crippen LogP contribution in [-0.4, -0.2) is 68.4 Å². The van der Waals surface area contributed by atoms with Crippen LogP contribution in [0.3, 0.4) is 0 Å². The molecule has 2 aliphatic heterocycles. The molecule has 0 radical (unpaired) electrons. The number of carbonyl (C=O) groups excluding carboxylic acids is 1. The van der Waals surface area contributed by atoms with Gasteiger partial charge < -0.3 is 19.3 Å². The summed E-state index contributed by atoms with van der Waals surface area (Å²) in [6, 6.07) is 0. The summed E-state index contributed by atoms with van der Waals surface area (Å²) < 4.78 is 13.8. The van der Waals surface area contributed by atoms with Gasteiger partial charge in [-0.15, -0.1) is 0 Å². The Bertz CT molecular complexity index is 929. The Labute approximate surface area is 183 Å². The predicted octanol–water partition coefficient (Wildman–Crippen LogP) is 3.47. The number of aromatic nitrogens is 4. The highest BCUT2D eigenvalue weighted by Crippen LogP contribution is 2.30. The average Bonchev–Trinajstić information content (AvgIpc) is 3.32. The van der Waals surface area contributed by atoms with Crippen molar-refractivity contribution in [2.24, 2.45) is 5.92 Å². The highest BCUT2D eigenvalue weighted by Gasteiger charge is 2.32. The molecule has 9 heteroatoms. The van der Waals surface area contributed by atoms with Crippen molar-refractivity contribution in [3.8, 4) is 5.88 Å². The number of aryl methyl sites for hydroxylation is 1. The highest BCUT2D eigenvalue weighted by atomic mass is 16.6. The van der Waals surface area contributed by atoms with Crippen molar-refractivity contribution in [1.29, 1.82) is 0 Å². The van der Waals surface area contributed by atoms with Gasteiger partial charge in [0.15, 0.2) is 11.2 Å². The molecule has 0 N–H and O–H groups in total. The number of nitrogens with zero attached hydrogens (tertiary/aromatic N) is 6. The number of ether oxygens (including phenoxy) is 2. The zero-order chi connectivity index (χ0) is 22.2. The minimum absolute atomic E-state index is 0.142. The molecule has 2 saturated heterocycles. The van der Waals surface area contributed by atoms with Gasteiger partial charge in [-0.2, -0.15) is 4.98 Å². The van der Waals surface area contributed by atoms with Gasteiger partial charge in [-0.3, -0.25) is 4.57 Å². The largest absolute Gasteiger partial charge is 0.471 e. The normalized spacial score (nSPS) is 20.5. The van der Waals surface area contributed by atoms with Crippen molar-refractivity contribution in [3.63, 3.8) is 0 Å². The van der Waals surface area contributed by atoms with Crippen LogP contribution in [0.2, 0.25) is 0 Å². The number of fused-ring (bicyclic) bond motifs is 1. The molecule has 2 aromatic heterocycles. The molecular weight excluding hydrogens is 396 g/mol. The molecule has 0 bridgehead atoms. The van der Waals surface area contributed by atoms with Gasteiger partial charge >= 0.3 is 6.09 Å². The molecule has 9 nitrogen and oxygen atoms in total. The summed E-state index contributed by atoms with van der Waals surface area (Å²) in [5.74, 6) is 2.18. The average molecular weight is 431 g/mol. The van der Waals surface area contributed by atoms with Crippen LogP contribution in [-0.2, 0) is 11.3 Å². The number of hydrogen-bond acceptors (Lipinski definition) is 7. The number of imidazole rings is 1. The van der Waals surface area contributed by atoms with Crippen LogP contribution in [0.5, 0.6) is 5.88 Å². The quantitative estimate of drug-likeness (QED) is 0.734. The zero-order valence-electron chi connectivity index (χ0n) is 19.3. The molecule has 1 atom stereocenters. The second-order valence-electron chi connectivity index (χ2n) is 9.63. The van der Waals surface area contributed by atoms with Crippen LogP contribution < -0.4 is 9.64 Å². The fraction of sp³-hybridized carbons (Fsp3) is 0.727. The van der Waals surface area contributed by atoms with Gasteiger partial charge in [-0.05, 0) is 46.5 Å². The van der Waals surface area contributed by atoms with Crippen LogP contribution in [0.25, 0.3) is 11.2 Å². The van der Waals surface area contributed by atoms with Crippen LogP contribution in [0.4, 0.5) is 10.7 Å². The Morgan fingerprint density at radius 3 is 2.58 bits per heavy atom. The summed E-state index contributed by atoms with van der Waals surface area (Å²) >= 11 is 0. The number of rotatable bonds is 4. The van der Waals surface area contributed by atoms with Gasteiger partial charge in [-0.25, -0.2) is 14.8 Å². The van der Waals surface area contributed by atoms with E-state index < -0.39 is 5.60 Å². The van der Waals surface area contributed by atoms with E-state index in [1.807, 2.05) is 20.8 Å². The summed E-state index contributed by atoms with van der Waals surface area (Å²) in [5, 5.41) is 0. The fourth-order valence-corrected chi connectivity index (χ4v) is 4.21. The lowest BCUT2D eigenvalue weighted by Crippen LogP contribution is -2.36. The zero-order valence-corrected chi connectivity index (χ0v) is 19.3. The number of hydrogen-bond donors (Lipinski definition) is 0. The molecule has 4 rings (SSSR count). The van der Waals surface area contributed by atoms with E-state index in [1.165, 1.54) is 19.2 Å². The van der Waals surface area contributed by atoms with E-state index in [-0.39, 0.29) is 12.2 Å². The molecule has 170 valence electrons. The second-order valence-corrected chi connectivity index (χ2v) is 9.63. The summed E-state index contributed by atoms with van der Waals surface area (Å²) in [4.78, 5) is 30.2. The molecule has 2 aromatic rings. The van der Waals surface area contributed by atoms with Crippen molar-refractivity contribution >= 4 is 23.2 Å². The maximum absolute atomic E-state index is 12.4. The van der Waals surface area contributed by atoms with Crippen molar-refractivity contribution < 1.29 is 14.3 Å². The third-order valence-corrected chi connectivity index (χ3v) is 5.94. The standard InChI is InChI=1S/C22H34N6O3/c1-6-28-18-17(25-20(28)26-10-7-15(2)8-11-26)19(24-14-23-18)30-16-9-12-27(13-16)21(29)31-22(3,4)5/h14-16H,6-13H2,1-5H3. The Morgan fingerprint density at radius 1 is 1.16 bits per heavy atom. The van der Waals surface area contributed by atoms with E-state index in [2.05, 4.69) is 33.3 Å². The Balaban J connectivity index is 1.52. The molecule has 1 unspecified atom stereocenters. The van der Waals surface area contributed by atoms with Crippen LogP contribution in [0.1, 0.15) is 53.9 Å². The lowest BCUT2D eigenvalue weighted by atomic mass is 10.00. The van der Waals surface area contributed by atoms with Gasteiger partial charge in [0.2, 0.25) is 11.8 Å². The van der Waals surface area contributed by atoms with Crippen molar-refractivity contribution in [2.75, 3.05) is 31.1 Å². The number of piperidine rings is 1. The maximum atomic E-state index is 12.4. The van der Waals surface area contributed by atoms with Gasteiger partial charge in [0.25, 0.3) is 0 Å². The molecule has 0 spiro atoms. The predicted molar refractivity (Wildman–Crippen MR) is 118 cm³/mol. The molecule has 0 aliphatic carbocycles. The number of amides is 1. The molecule has 31 heavy (non-hydrogen) atoms. The summed E-state index contributed by atoms with van der Waals surface area (Å²) in [6.45, 7) is 13.9. The lowest BCUT2D eigenvalue weighted by molar-refractivity contribution is 0.0275. The molecule has 2 fully saturated rings. The highest BCUT2D eigenvalue weighted by molar-refractivity contribution is 5.79. The summed E-state index contributed by atoms with van der Waals surface area (Å²) in [7, 11) is 0. The van der Waals surface area contributed by atoms with E-state index in [1.54, 1.807) is 4.90 Å². The first-order chi connectivity index (χ1) is 14.7. The van der Waals surface area contributed by atoms with E-state index >= 15 is 0 Å². The summed E-state index contributed by atoms with van der Waals surface area (Å²) in [5.41, 5.74) is 0.974. The first-order valence-electron chi connectivity index (χ1n) is 11.4. The smallest absolute Gasteiger partial charge is 0.410 e. The SMILES string of the molecule is CCn1c(N2CCC(C)CC2)nc2c(OC3CCN(C(=O)OC(C)(C)C)C3)ncnc21. The van der Waals surface area contributed by atoms with E-state index in [4.69, 9.17) is 14.5 Å². The van der Waals surface area contributed by atoms with E-state index in [0.29, 0.717) is 24.5 Å². The monoisotopic (exact) mass is 430 g/mol. The van der Waals surface area contributed by atoms with E-state index in [0.717, 1.165) is 43.6 Å². The Morgan fingerprint density at radius 2 is 1.90 bits per heavy atom. The van der Waals surface area contributed by atoms with Crippen LogP contribution in [0.15, 0.2) is 6.33 Å². The third-order valence-electron chi connectivity index (χ3n) is 5.94. The first-order valence-corrected chi connectivity index (χ1v) is 11.4. The number of carbonyl (C=O) groups is 1. The minimum atomic E-state index is -0.509. The Hall–Kier alpha value is -2.58. The first kappa shape index (κ1) is 21.6. The Kier molecular flexibility index (Phi) is 5.94. The third kappa shape index (κ3) is 4.70. The molecule has 0 aromatic carbocycles. The molecule has 1 amide bonds. The maximum Gasteiger partial charge on any atom is 0.410 e. The van der Waals surface area contributed by atoms with Crippen molar-refractivity contribution in [2.45, 2.75) is 72.1 Å². The number of likely N-dealkylation sites (tertiary alicyclic amines) is 1. The molecule has 2 aliphatic rings. The molecule has 0 saturated carbocycles. The molecular formula is C22H34N6O3. The van der Waals surface area contributed by atoms with Gasteiger partial charge in [0, 0.05) is 32.6 Å². The van der Waals surface area contributed by atoms with Gasteiger partial charge in [0.1, 0.15) is 18.0 Å². The van der Waals surface area contributed by atoms with Gasteiger partial charge in [-0.1, -0.05) is 6.92 Å². The fourth-order valence-electron chi connectivity index (χ4n) is 4.21. The van der Waals surface area contributed by atoms with Crippen molar-refractivity contribution in [3.05, 3.63) is 6.33 Å². The topological polar surface area (TPSA) is 85.6 Å². The van der Waals surface area contributed by atoms with Crippen LogP contribution >= 0.6 is 0 Å². The van der Waals surface area contributed by atoms with Crippen LogP contribution in [0, 0.1) is 5.92 Å². The minimum Gasteiger partial charge on any atom is -0.471 e. The van der Waals surface area contributed by atoms with E-state index in [9.17, 15) is 4.79 Å². The second kappa shape index (κ2) is 8.51. The number of anilines is 1. The van der Waals surface area contributed by atoms with Gasteiger partial charge in [0.05, 0.1) is 6.54 Å². The summed E-state index contributed by atoms with van der Waals surface area (Å²) in [6.07, 6.45) is 4.17.